The Morgan fingerprint density at radius 1 is 1.07 bits per heavy atom. The normalized spacial score (nSPS) is 14.8. The molecule has 1 aliphatic rings. The Morgan fingerprint density at radius 2 is 1.77 bits per heavy atom. The molecule has 0 saturated carbocycles. The molecule has 7 heteroatoms. The van der Waals surface area contributed by atoms with Gasteiger partial charge in [-0.2, -0.15) is 0 Å². The number of hydrogen-bond acceptors (Lipinski definition) is 4. The van der Waals surface area contributed by atoms with Crippen LogP contribution in [0.15, 0.2) is 59.0 Å². The molecule has 3 N–H and O–H groups in total. The maximum absolute atomic E-state index is 12.9. The van der Waals surface area contributed by atoms with Gasteiger partial charge in [-0.3, -0.25) is 4.79 Å². The summed E-state index contributed by atoms with van der Waals surface area (Å²) >= 11 is 0. The number of amides is 1. The molecule has 0 radical (unpaired) electrons. The molecule has 1 fully saturated rings. The molecule has 1 amide bonds. The summed E-state index contributed by atoms with van der Waals surface area (Å²) in [5.41, 5.74) is 0.907. The van der Waals surface area contributed by atoms with Crippen molar-refractivity contribution in [2.75, 3.05) is 13.1 Å². The maximum atomic E-state index is 12.9. The second-order valence-corrected chi connectivity index (χ2v) is 7.07. The number of carbonyl (C=O) groups is 2. The molecule has 4 rings (SSSR count). The first-order valence-corrected chi connectivity index (χ1v) is 9.43. The van der Waals surface area contributed by atoms with Gasteiger partial charge in [-0.15, -0.1) is 12.4 Å². The lowest BCUT2D eigenvalue weighted by Crippen LogP contribution is -2.53. The van der Waals surface area contributed by atoms with Gasteiger partial charge in [0.05, 0.1) is 5.56 Å². The third-order valence-electron chi connectivity index (χ3n) is 5.04. The average molecular weight is 425 g/mol. The molecule has 1 aromatic heterocycles. The summed E-state index contributed by atoms with van der Waals surface area (Å²) in [7, 11) is 0. The zero-order chi connectivity index (χ0) is 20.3. The Labute approximate surface area is 180 Å². The monoisotopic (exact) mass is 424 g/mol. The summed E-state index contributed by atoms with van der Waals surface area (Å²) in [5, 5.41) is 16.2. The first-order chi connectivity index (χ1) is 14.0. The zero-order valence-electron chi connectivity index (χ0n) is 16.1. The van der Waals surface area contributed by atoms with Gasteiger partial charge >= 0.3 is 5.97 Å². The van der Waals surface area contributed by atoms with Crippen LogP contribution in [-0.4, -0.2) is 35.6 Å². The Balaban J connectivity index is 0.00000256. The van der Waals surface area contributed by atoms with Crippen LogP contribution in [-0.2, 0) is 0 Å². The highest BCUT2D eigenvalue weighted by Gasteiger charge is 2.33. The minimum Gasteiger partial charge on any atom is -0.478 e. The first-order valence-electron chi connectivity index (χ1n) is 9.43. The van der Waals surface area contributed by atoms with Crippen LogP contribution in [0.5, 0.6) is 0 Å². The van der Waals surface area contributed by atoms with E-state index < -0.39 is 11.5 Å². The molecule has 154 valence electrons. The molecule has 0 unspecified atom stereocenters. The number of carboxylic acid groups (broad SMARTS) is 1. The lowest BCUT2D eigenvalue weighted by molar-refractivity contribution is 0.0696. The number of hydrogen-bond donors (Lipinski definition) is 3. The van der Waals surface area contributed by atoms with Gasteiger partial charge in [0.1, 0.15) is 11.1 Å². The average Bonchev–Trinajstić information content (AvgIpc) is 3.18. The molecule has 30 heavy (non-hydrogen) atoms. The Kier molecular flexibility index (Phi) is 6.46. The molecule has 1 aliphatic heterocycles. The van der Waals surface area contributed by atoms with Crippen molar-refractivity contribution >= 4 is 35.3 Å². The second-order valence-electron chi connectivity index (χ2n) is 7.07. The Hall–Kier alpha value is -3.27. The van der Waals surface area contributed by atoms with Crippen molar-refractivity contribution in [3.63, 3.8) is 0 Å². The van der Waals surface area contributed by atoms with Gasteiger partial charge in [0, 0.05) is 10.9 Å². The molecule has 1 saturated heterocycles. The molecule has 0 atom stereocenters. The van der Waals surface area contributed by atoms with Crippen LogP contribution in [0.4, 0.5) is 0 Å². The van der Waals surface area contributed by atoms with Crippen molar-refractivity contribution in [1.82, 2.24) is 10.6 Å². The minimum atomic E-state index is -0.975. The summed E-state index contributed by atoms with van der Waals surface area (Å²) in [4.78, 5) is 23.9. The van der Waals surface area contributed by atoms with Crippen molar-refractivity contribution < 1.29 is 19.1 Å². The number of aromatic carboxylic acids is 1. The molecule has 2 heterocycles. The number of furan rings is 1. The fourth-order valence-electron chi connectivity index (χ4n) is 3.40. The van der Waals surface area contributed by atoms with Crippen LogP contribution >= 0.6 is 12.4 Å². The van der Waals surface area contributed by atoms with E-state index in [0.29, 0.717) is 24.0 Å². The number of benzene rings is 2. The SMILES string of the molecule is Cl.O=C(O)c1ccc(C#CC2(NC(=O)c3cc4ccccc4o3)CCNCC2)cc1. The quantitative estimate of drug-likeness (QED) is 0.560. The summed E-state index contributed by atoms with van der Waals surface area (Å²) in [5.74, 6) is 5.31. The van der Waals surface area contributed by atoms with Crippen molar-refractivity contribution in [3.05, 3.63) is 71.5 Å². The number of fused-ring (bicyclic) bond motifs is 1. The van der Waals surface area contributed by atoms with Crippen molar-refractivity contribution in [1.29, 1.82) is 0 Å². The number of halogens is 1. The molecular weight excluding hydrogens is 404 g/mol. The van der Waals surface area contributed by atoms with Crippen LogP contribution < -0.4 is 10.6 Å². The number of rotatable bonds is 3. The number of carboxylic acids is 1. The standard InChI is InChI=1S/C23H20N2O4.ClH/c26-21(20-15-18-3-1-2-4-19(18)29-20)25-23(11-13-24-14-12-23)10-9-16-5-7-17(8-6-16)22(27)28;/h1-8,15,24H,11-14H2,(H,25,26)(H,27,28);1H. The van der Waals surface area contributed by atoms with Gasteiger partial charge in [0.25, 0.3) is 5.91 Å². The molecule has 6 nitrogen and oxygen atoms in total. The van der Waals surface area contributed by atoms with Crippen LogP contribution in [0, 0.1) is 11.8 Å². The second kappa shape index (κ2) is 9.04. The third kappa shape index (κ3) is 4.65. The maximum Gasteiger partial charge on any atom is 0.335 e. The highest BCUT2D eigenvalue weighted by atomic mass is 35.5. The topological polar surface area (TPSA) is 91.6 Å². The largest absolute Gasteiger partial charge is 0.478 e. The lowest BCUT2D eigenvalue weighted by atomic mass is 9.88. The fraction of sp³-hybridized carbons (Fsp3) is 0.217. The van der Waals surface area contributed by atoms with E-state index in [1.54, 1.807) is 18.2 Å². The van der Waals surface area contributed by atoms with Gasteiger partial charge in [-0.1, -0.05) is 30.0 Å². The lowest BCUT2D eigenvalue weighted by Gasteiger charge is -2.33. The molecule has 0 aliphatic carbocycles. The van der Waals surface area contributed by atoms with Gasteiger partial charge < -0.3 is 20.2 Å². The number of nitrogens with one attached hydrogen (secondary N) is 2. The molecule has 3 aromatic rings. The molecule has 2 aromatic carbocycles. The van der Waals surface area contributed by atoms with E-state index in [-0.39, 0.29) is 29.6 Å². The minimum absolute atomic E-state index is 0. The first kappa shape index (κ1) is 21.4. The van der Waals surface area contributed by atoms with Gasteiger partial charge in [0.2, 0.25) is 0 Å². The van der Waals surface area contributed by atoms with Crippen LogP contribution in [0.2, 0.25) is 0 Å². The van der Waals surface area contributed by atoms with E-state index in [4.69, 9.17) is 9.52 Å². The van der Waals surface area contributed by atoms with E-state index in [2.05, 4.69) is 22.5 Å². The third-order valence-corrected chi connectivity index (χ3v) is 5.04. The van der Waals surface area contributed by atoms with Crippen molar-refractivity contribution in [3.8, 4) is 11.8 Å². The number of carbonyl (C=O) groups excluding carboxylic acids is 1. The summed E-state index contributed by atoms with van der Waals surface area (Å²) in [6, 6.07) is 15.6. The highest BCUT2D eigenvalue weighted by Crippen LogP contribution is 2.22. The smallest absolute Gasteiger partial charge is 0.335 e. The Morgan fingerprint density at radius 3 is 2.43 bits per heavy atom. The number of para-hydroxylation sites is 1. The van der Waals surface area contributed by atoms with E-state index in [0.717, 1.165) is 18.5 Å². The van der Waals surface area contributed by atoms with Gasteiger partial charge in [0.15, 0.2) is 5.76 Å². The summed E-state index contributed by atoms with van der Waals surface area (Å²) in [6.45, 7) is 1.49. The highest BCUT2D eigenvalue weighted by molar-refractivity contribution is 5.96. The van der Waals surface area contributed by atoms with E-state index in [1.807, 2.05) is 24.3 Å². The summed E-state index contributed by atoms with van der Waals surface area (Å²) < 4.78 is 5.68. The molecule has 0 bridgehead atoms. The van der Waals surface area contributed by atoms with Crippen molar-refractivity contribution in [2.24, 2.45) is 0 Å². The van der Waals surface area contributed by atoms with Gasteiger partial charge in [-0.25, -0.2) is 4.79 Å². The van der Waals surface area contributed by atoms with E-state index >= 15 is 0 Å². The van der Waals surface area contributed by atoms with Gasteiger partial charge in [-0.05, 0) is 62.3 Å². The predicted octanol–water partition coefficient (Wildman–Crippen LogP) is 3.46. The number of piperidine rings is 1. The van der Waals surface area contributed by atoms with Crippen molar-refractivity contribution in [2.45, 2.75) is 18.4 Å². The zero-order valence-corrected chi connectivity index (χ0v) is 16.9. The summed E-state index contributed by atoms with van der Waals surface area (Å²) in [6.07, 6.45) is 1.33. The molecular formula is C23H21ClN2O4. The van der Waals surface area contributed by atoms with E-state index in [9.17, 15) is 9.59 Å². The molecule has 0 spiro atoms. The fourth-order valence-corrected chi connectivity index (χ4v) is 3.40. The van der Waals surface area contributed by atoms with E-state index in [1.165, 1.54) is 12.1 Å². The Bertz CT molecular complexity index is 1090. The predicted molar refractivity (Wildman–Crippen MR) is 116 cm³/mol. The van der Waals surface area contributed by atoms with Crippen LogP contribution in [0.25, 0.3) is 11.0 Å². The van der Waals surface area contributed by atoms with Crippen LogP contribution in [0.3, 0.4) is 0 Å². The van der Waals surface area contributed by atoms with Crippen LogP contribution in [0.1, 0.15) is 39.3 Å².